The number of carbonyl (C=O) groups is 1. The van der Waals surface area contributed by atoms with Gasteiger partial charge in [0.05, 0.1) is 11.1 Å². The first-order valence-corrected chi connectivity index (χ1v) is 6.86. The predicted octanol–water partition coefficient (Wildman–Crippen LogP) is 3.30. The SMILES string of the molecule is O=C(NS(=O)(=O)C(F)(F)F)c1cc(C(F)(F)F)cc(C(F)(F)F)c1. The molecule has 24 heavy (non-hydrogen) atoms. The van der Waals surface area contributed by atoms with Crippen molar-refractivity contribution in [3.8, 4) is 0 Å². The minimum atomic E-state index is -6.30. The smallest absolute Gasteiger partial charge is 0.268 e. The molecule has 1 N–H and O–H groups in total. The second-order valence-electron chi connectivity index (χ2n) is 4.17. The van der Waals surface area contributed by atoms with Gasteiger partial charge in [-0.05, 0) is 18.2 Å². The maximum Gasteiger partial charge on any atom is 0.516 e. The molecule has 0 bridgehead atoms. The highest BCUT2D eigenvalue weighted by Gasteiger charge is 2.47. The molecule has 0 spiro atoms. The summed E-state index contributed by atoms with van der Waals surface area (Å²) in [6.07, 6.45) is -10.7. The highest BCUT2D eigenvalue weighted by Crippen LogP contribution is 2.36. The molecule has 0 saturated carbocycles. The van der Waals surface area contributed by atoms with E-state index in [0.29, 0.717) is 4.72 Å². The van der Waals surface area contributed by atoms with Crippen LogP contribution in [0.15, 0.2) is 18.2 Å². The minimum absolute atomic E-state index is 0.212. The van der Waals surface area contributed by atoms with Crippen LogP contribution in [0.3, 0.4) is 0 Å². The lowest BCUT2D eigenvalue weighted by atomic mass is 10.0. The van der Waals surface area contributed by atoms with Gasteiger partial charge in [-0.25, -0.2) is 4.72 Å². The molecule has 136 valence electrons. The molecule has 0 aliphatic rings. The number of carbonyl (C=O) groups excluding carboxylic acids is 1. The minimum Gasteiger partial charge on any atom is -0.268 e. The van der Waals surface area contributed by atoms with Gasteiger partial charge in [-0.3, -0.25) is 4.79 Å². The van der Waals surface area contributed by atoms with Crippen molar-refractivity contribution in [2.45, 2.75) is 17.9 Å². The van der Waals surface area contributed by atoms with E-state index in [9.17, 15) is 52.7 Å². The lowest BCUT2D eigenvalue weighted by Gasteiger charge is -2.14. The molecule has 0 aliphatic heterocycles. The van der Waals surface area contributed by atoms with Gasteiger partial charge in [0, 0.05) is 5.56 Å². The summed E-state index contributed by atoms with van der Waals surface area (Å²) in [6.45, 7) is 0. The van der Waals surface area contributed by atoms with Crippen molar-refractivity contribution in [3.63, 3.8) is 0 Å². The van der Waals surface area contributed by atoms with Crippen LogP contribution in [0, 0.1) is 0 Å². The number of halogens is 9. The topological polar surface area (TPSA) is 63.2 Å². The highest BCUT2D eigenvalue weighted by molar-refractivity contribution is 7.90. The Bertz CT molecular complexity index is 714. The fraction of sp³-hybridized carbons (Fsp3) is 0.300. The largest absolute Gasteiger partial charge is 0.516 e. The molecule has 4 nitrogen and oxygen atoms in total. The molecule has 0 aliphatic carbocycles. The third-order valence-electron chi connectivity index (χ3n) is 2.38. The molecular formula is C10H4F9NO3S. The van der Waals surface area contributed by atoms with Crippen LogP contribution in [0.1, 0.15) is 21.5 Å². The van der Waals surface area contributed by atoms with Crippen molar-refractivity contribution in [1.29, 1.82) is 0 Å². The molecule has 0 heterocycles. The summed E-state index contributed by atoms with van der Waals surface area (Å²) in [5.41, 5.74) is -11.5. The summed E-state index contributed by atoms with van der Waals surface area (Å²) >= 11 is 0. The summed E-state index contributed by atoms with van der Waals surface area (Å²) in [5.74, 6) is -2.30. The molecule has 0 atom stereocenters. The second-order valence-corrected chi connectivity index (χ2v) is 5.85. The van der Waals surface area contributed by atoms with Gasteiger partial charge in [0.2, 0.25) is 0 Å². The van der Waals surface area contributed by atoms with Crippen LogP contribution >= 0.6 is 0 Å². The highest BCUT2D eigenvalue weighted by atomic mass is 32.2. The number of benzene rings is 1. The van der Waals surface area contributed by atoms with E-state index in [1.807, 2.05) is 0 Å². The Morgan fingerprint density at radius 1 is 0.792 bits per heavy atom. The first-order valence-electron chi connectivity index (χ1n) is 5.38. The van der Waals surface area contributed by atoms with Crippen molar-refractivity contribution in [1.82, 2.24) is 4.72 Å². The molecule has 1 aromatic carbocycles. The van der Waals surface area contributed by atoms with Gasteiger partial charge < -0.3 is 0 Å². The Kier molecular flexibility index (Phi) is 4.87. The van der Waals surface area contributed by atoms with E-state index in [2.05, 4.69) is 0 Å². The standard InChI is InChI=1S/C10H4F9NO3S/c11-8(12,13)5-1-4(2-6(3-5)9(14,15)16)7(21)20-24(22,23)10(17,18)19/h1-3H,(H,20,21). The quantitative estimate of drug-likeness (QED) is 0.790. The second kappa shape index (κ2) is 5.82. The van der Waals surface area contributed by atoms with Crippen LogP contribution in [-0.4, -0.2) is 19.8 Å². The van der Waals surface area contributed by atoms with Crippen LogP contribution in [-0.2, 0) is 22.4 Å². The third kappa shape index (κ3) is 4.52. The zero-order chi connectivity index (χ0) is 19.1. The van der Waals surface area contributed by atoms with Gasteiger partial charge >= 0.3 is 27.9 Å². The normalized spacial score (nSPS) is 13.7. The van der Waals surface area contributed by atoms with Gasteiger partial charge in [-0.1, -0.05) is 0 Å². The molecule has 1 aromatic rings. The molecule has 1 amide bonds. The first-order chi connectivity index (χ1) is 10.4. The monoisotopic (exact) mass is 389 g/mol. The van der Waals surface area contributed by atoms with Crippen molar-refractivity contribution in [2.24, 2.45) is 0 Å². The summed E-state index contributed by atoms with van der Waals surface area (Å²) in [5, 5.41) is 0. The molecular weight excluding hydrogens is 385 g/mol. The van der Waals surface area contributed by atoms with Gasteiger partial charge in [0.1, 0.15) is 0 Å². The van der Waals surface area contributed by atoms with E-state index in [4.69, 9.17) is 0 Å². The fourth-order valence-electron chi connectivity index (χ4n) is 1.32. The summed E-state index contributed by atoms with van der Waals surface area (Å²) in [4.78, 5) is 11.3. The molecule has 0 fully saturated rings. The lowest BCUT2D eigenvalue weighted by Crippen LogP contribution is -2.40. The van der Waals surface area contributed by atoms with Crippen molar-refractivity contribution < 1.29 is 52.7 Å². The van der Waals surface area contributed by atoms with E-state index < -0.39 is 50.5 Å². The van der Waals surface area contributed by atoms with Crippen molar-refractivity contribution in [3.05, 3.63) is 34.9 Å². The zero-order valence-electron chi connectivity index (χ0n) is 10.8. The molecule has 1 rings (SSSR count). The number of alkyl halides is 9. The number of hydrogen-bond donors (Lipinski definition) is 1. The molecule has 0 saturated heterocycles. The van der Waals surface area contributed by atoms with Crippen LogP contribution < -0.4 is 4.72 Å². The lowest BCUT2D eigenvalue weighted by molar-refractivity contribution is -0.143. The predicted molar refractivity (Wildman–Crippen MR) is 58.9 cm³/mol. The number of nitrogens with one attached hydrogen (secondary N) is 1. The van der Waals surface area contributed by atoms with Gasteiger partial charge in [-0.2, -0.15) is 47.9 Å². The van der Waals surface area contributed by atoms with E-state index in [1.165, 1.54) is 0 Å². The Labute approximate surface area is 127 Å². The van der Waals surface area contributed by atoms with Gasteiger partial charge in [-0.15, -0.1) is 0 Å². The van der Waals surface area contributed by atoms with E-state index >= 15 is 0 Å². The molecule has 0 radical (unpaired) electrons. The fourth-order valence-corrected chi connectivity index (χ4v) is 1.80. The van der Waals surface area contributed by atoms with Crippen molar-refractivity contribution in [2.75, 3.05) is 0 Å². The average Bonchev–Trinajstić information content (AvgIpc) is 2.34. The summed E-state index contributed by atoms with van der Waals surface area (Å²) in [6, 6.07) is -0.804. The van der Waals surface area contributed by atoms with Crippen LogP contribution in [0.2, 0.25) is 0 Å². The summed E-state index contributed by atoms with van der Waals surface area (Å²) in [7, 11) is -6.30. The third-order valence-corrected chi connectivity index (χ3v) is 3.45. The molecule has 0 unspecified atom stereocenters. The Morgan fingerprint density at radius 2 is 1.17 bits per heavy atom. The zero-order valence-corrected chi connectivity index (χ0v) is 11.6. The Hall–Kier alpha value is -1.99. The average molecular weight is 389 g/mol. The molecule has 14 heteroatoms. The van der Waals surface area contributed by atoms with E-state index in [-0.39, 0.29) is 18.2 Å². The maximum atomic E-state index is 12.5. The van der Waals surface area contributed by atoms with E-state index in [0.717, 1.165) is 0 Å². The maximum absolute atomic E-state index is 12.5. The number of sulfonamides is 1. The number of rotatable bonds is 2. The number of hydrogen-bond acceptors (Lipinski definition) is 3. The Balaban J connectivity index is 3.41. The molecule has 0 aromatic heterocycles. The van der Waals surface area contributed by atoms with Crippen molar-refractivity contribution >= 4 is 15.9 Å². The van der Waals surface area contributed by atoms with E-state index in [1.54, 1.807) is 0 Å². The van der Waals surface area contributed by atoms with Crippen LogP contribution in [0.5, 0.6) is 0 Å². The van der Waals surface area contributed by atoms with Gasteiger partial charge in [0.25, 0.3) is 5.91 Å². The summed E-state index contributed by atoms with van der Waals surface area (Å²) < 4.78 is 133. The van der Waals surface area contributed by atoms with Crippen LogP contribution in [0.4, 0.5) is 39.5 Å². The first kappa shape index (κ1) is 20.1. The Morgan fingerprint density at radius 3 is 1.46 bits per heavy atom. The van der Waals surface area contributed by atoms with Crippen LogP contribution in [0.25, 0.3) is 0 Å². The number of amides is 1. The van der Waals surface area contributed by atoms with Gasteiger partial charge in [0.15, 0.2) is 0 Å².